The van der Waals surface area contributed by atoms with E-state index in [1.165, 1.54) is 11.3 Å². The summed E-state index contributed by atoms with van der Waals surface area (Å²) in [6.45, 7) is 5.67. The molecule has 0 saturated heterocycles. The van der Waals surface area contributed by atoms with Crippen LogP contribution < -0.4 is 5.32 Å². The SMILES string of the molecule is CCOC(=O)c1c(-c2ccc(C)cc2)csc1NC(=O)c1c(-c2ccccc2)noc1C. The van der Waals surface area contributed by atoms with Crippen molar-refractivity contribution in [3.8, 4) is 22.4 Å². The van der Waals surface area contributed by atoms with Gasteiger partial charge >= 0.3 is 5.97 Å². The Bertz CT molecular complexity index is 1260. The Morgan fingerprint density at radius 3 is 2.41 bits per heavy atom. The molecule has 2 aromatic heterocycles. The largest absolute Gasteiger partial charge is 0.462 e. The lowest BCUT2D eigenvalue weighted by atomic mass is 10.0. The van der Waals surface area contributed by atoms with E-state index in [1.807, 2.05) is 66.9 Å². The van der Waals surface area contributed by atoms with E-state index in [-0.39, 0.29) is 6.61 Å². The maximum Gasteiger partial charge on any atom is 0.341 e. The fourth-order valence-electron chi connectivity index (χ4n) is 3.40. The first-order valence-corrected chi connectivity index (χ1v) is 11.1. The van der Waals surface area contributed by atoms with E-state index in [0.29, 0.717) is 33.1 Å². The van der Waals surface area contributed by atoms with Crippen LogP contribution in [0.25, 0.3) is 22.4 Å². The number of anilines is 1. The standard InChI is InChI=1S/C25H22N2O4S/c1-4-30-25(29)21-19(17-12-10-15(2)11-13-17)14-32-24(21)26-23(28)20-16(3)31-27-22(20)18-8-6-5-7-9-18/h5-14H,4H2,1-3H3,(H,26,28). The van der Waals surface area contributed by atoms with Gasteiger partial charge in [-0.05, 0) is 26.3 Å². The first-order chi connectivity index (χ1) is 15.5. The molecule has 162 valence electrons. The second-order valence-corrected chi connectivity index (χ2v) is 8.10. The molecule has 0 aliphatic rings. The summed E-state index contributed by atoms with van der Waals surface area (Å²) in [7, 11) is 0. The van der Waals surface area contributed by atoms with Crippen molar-refractivity contribution in [3.05, 3.63) is 82.4 Å². The minimum absolute atomic E-state index is 0.234. The highest BCUT2D eigenvalue weighted by Crippen LogP contribution is 2.37. The highest BCUT2D eigenvalue weighted by atomic mass is 32.1. The molecular formula is C25H22N2O4S. The molecule has 1 amide bonds. The Morgan fingerprint density at radius 1 is 1.00 bits per heavy atom. The zero-order valence-electron chi connectivity index (χ0n) is 18.0. The molecule has 0 fully saturated rings. The number of hydrogen-bond acceptors (Lipinski definition) is 6. The number of thiophene rings is 1. The van der Waals surface area contributed by atoms with Crippen LogP contribution in [0.15, 0.2) is 64.5 Å². The van der Waals surface area contributed by atoms with Gasteiger partial charge < -0.3 is 14.6 Å². The number of esters is 1. The molecule has 0 radical (unpaired) electrons. The second kappa shape index (κ2) is 9.20. The molecule has 4 rings (SSSR count). The average Bonchev–Trinajstić information content (AvgIpc) is 3.38. The lowest BCUT2D eigenvalue weighted by molar-refractivity contribution is 0.0529. The van der Waals surface area contributed by atoms with Crippen LogP contribution in [0, 0.1) is 13.8 Å². The van der Waals surface area contributed by atoms with Gasteiger partial charge in [-0.3, -0.25) is 4.79 Å². The molecule has 0 bridgehead atoms. The van der Waals surface area contributed by atoms with E-state index < -0.39 is 11.9 Å². The van der Waals surface area contributed by atoms with Crippen LogP contribution in [-0.2, 0) is 4.74 Å². The van der Waals surface area contributed by atoms with Gasteiger partial charge in [0.15, 0.2) is 0 Å². The maximum atomic E-state index is 13.3. The molecule has 4 aromatic rings. The van der Waals surface area contributed by atoms with E-state index in [2.05, 4.69) is 10.5 Å². The normalized spacial score (nSPS) is 10.7. The minimum atomic E-state index is -0.482. The van der Waals surface area contributed by atoms with Gasteiger partial charge in [-0.25, -0.2) is 4.79 Å². The number of amides is 1. The van der Waals surface area contributed by atoms with Gasteiger partial charge in [-0.1, -0.05) is 65.3 Å². The third-order valence-corrected chi connectivity index (χ3v) is 5.89. The molecule has 0 aliphatic heterocycles. The lowest BCUT2D eigenvalue weighted by Gasteiger charge is -2.09. The zero-order chi connectivity index (χ0) is 22.7. The average molecular weight is 447 g/mol. The molecule has 0 aliphatic carbocycles. The van der Waals surface area contributed by atoms with E-state index in [9.17, 15) is 9.59 Å². The van der Waals surface area contributed by atoms with E-state index in [1.54, 1.807) is 13.8 Å². The topological polar surface area (TPSA) is 81.4 Å². The predicted octanol–water partition coefficient (Wildman–Crippen LogP) is 6.12. The van der Waals surface area contributed by atoms with E-state index in [4.69, 9.17) is 9.26 Å². The number of carbonyl (C=O) groups excluding carboxylic acids is 2. The maximum absolute atomic E-state index is 13.3. The van der Waals surface area contributed by atoms with Gasteiger partial charge in [0.1, 0.15) is 27.6 Å². The fraction of sp³-hybridized carbons (Fsp3) is 0.160. The fourth-order valence-corrected chi connectivity index (χ4v) is 4.35. The van der Waals surface area contributed by atoms with Crippen LogP contribution in [0.4, 0.5) is 5.00 Å². The number of aromatic nitrogens is 1. The molecule has 7 heteroatoms. The summed E-state index contributed by atoms with van der Waals surface area (Å²) in [4.78, 5) is 26.1. The summed E-state index contributed by atoms with van der Waals surface area (Å²) in [5.74, 6) is -0.482. The monoisotopic (exact) mass is 446 g/mol. The van der Waals surface area contributed by atoms with Crippen molar-refractivity contribution in [1.82, 2.24) is 5.16 Å². The Kier molecular flexibility index (Phi) is 6.18. The molecule has 0 atom stereocenters. The molecule has 32 heavy (non-hydrogen) atoms. The van der Waals surface area contributed by atoms with Crippen molar-refractivity contribution in [2.45, 2.75) is 20.8 Å². The summed E-state index contributed by atoms with van der Waals surface area (Å²) in [5, 5.41) is 9.23. The molecule has 1 N–H and O–H groups in total. The molecule has 0 saturated carbocycles. The van der Waals surface area contributed by atoms with Crippen LogP contribution in [0.5, 0.6) is 0 Å². The van der Waals surface area contributed by atoms with Crippen molar-refractivity contribution in [2.24, 2.45) is 0 Å². The highest BCUT2D eigenvalue weighted by molar-refractivity contribution is 7.15. The van der Waals surface area contributed by atoms with Crippen molar-refractivity contribution in [2.75, 3.05) is 11.9 Å². The number of rotatable bonds is 6. The van der Waals surface area contributed by atoms with Crippen LogP contribution in [-0.4, -0.2) is 23.6 Å². The Hall–Kier alpha value is -3.71. The molecule has 0 spiro atoms. The van der Waals surface area contributed by atoms with Gasteiger partial charge in [0.25, 0.3) is 5.91 Å². The van der Waals surface area contributed by atoms with Gasteiger partial charge in [0.05, 0.1) is 6.61 Å². The first kappa shape index (κ1) is 21.5. The number of benzene rings is 2. The predicted molar refractivity (Wildman–Crippen MR) is 125 cm³/mol. The van der Waals surface area contributed by atoms with E-state index in [0.717, 1.165) is 16.7 Å². The van der Waals surface area contributed by atoms with Gasteiger partial charge in [-0.15, -0.1) is 11.3 Å². The van der Waals surface area contributed by atoms with Gasteiger partial charge in [0, 0.05) is 16.5 Å². The number of aryl methyl sites for hydroxylation is 2. The van der Waals surface area contributed by atoms with Crippen LogP contribution >= 0.6 is 11.3 Å². The smallest absolute Gasteiger partial charge is 0.341 e. The van der Waals surface area contributed by atoms with Crippen LogP contribution in [0.3, 0.4) is 0 Å². The Morgan fingerprint density at radius 2 is 1.72 bits per heavy atom. The third kappa shape index (κ3) is 4.20. The number of nitrogens with one attached hydrogen (secondary N) is 1. The summed E-state index contributed by atoms with van der Waals surface area (Å²) in [5.41, 5.74) is 4.60. The van der Waals surface area contributed by atoms with Gasteiger partial charge in [-0.2, -0.15) is 0 Å². The van der Waals surface area contributed by atoms with Gasteiger partial charge in [0.2, 0.25) is 0 Å². The molecule has 0 unspecified atom stereocenters. The number of nitrogens with zero attached hydrogens (tertiary/aromatic N) is 1. The number of ether oxygens (including phenoxy) is 1. The minimum Gasteiger partial charge on any atom is -0.462 e. The Balaban J connectivity index is 1.72. The summed E-state index contributed by atoms with van der Waals surface area (Å²) >= 11 is 1.28. The highest BCUT2D eigenvalue weighted by Gasteiger charge is 2.26. The second-order valence-electron chi connectivity index (χ2n) is 7.22. The van der Waals surface area contributed by atoms with Crippen LogP contribution in [0.2, 0.25) is 0 Å². The lowest BCUT2D eigenvalue weighted by Crippen LogP contribution is -2.16. The summed E-state index contributed by atoms with van der Waals surface area (Å²) < 4.78 is 10.6. The molecular weight excluding hydrogens is 424 g/mol. The van der Waals surface area contributed by atoms with Crippen molar-refractivity contribution >= 4 is 28.2 Å². The molecule has 6 nitrogen and oxygen atoms in total. The quantitative estimate of drug-likeness (QED) is 0.361. The summed E-state index contributed by atoms with van der Waals surface area (Å²) in [6.07, 6.45) is 0. The van der Waals surface area contributed by atoms with Crippen LogP contribution in [0.1, 0.15) is 39.0 Å². The Labute approximate surface area is 189 Å². The number of hydrogen-bond donors (Lipinski definition) is 1. The van der Waals surface area contributed by atoms with E-state index >= 15 is 0 Å². The first-order valence-electron chi connectivity index (χ1n) is 10.2. The third-order valence-electron chi connectivity index (χ3n) is 5.00. The van der Waals surface area contributed by atoms with Crippen molar-refractivity contribution < 1.29 is 18.8 Å². The van der Waals surface area contributed by atoms with Crippen molar-refractivity contribution in [1.29, 1.82) is 0 Å². The zero-order valence-corrected chi connectivity index (χ0v) is 18.8. The number of carbonyl (C=O) groups is 2. The summed E-state index contributed by atoms with van der Waals surface area (Å²) in [6, 6.07) is 17.2. The molecule has 2 heterocycles. The van der Waals surface area contributed by atoms with Crippen molar-refractivity contribution in [3.63, 3.8) is 0 Å². The molecule has 2 aromatic carbocycles.